The Morgan fingerprint density at radius 2 is 1.91 bits per heavy atom. The fraction of sp³-hybridized carbons (Fsp3) is 0.125. The molecule has 3 heteroatoms. The van der Waals surface area contributed by atoms with Crippen molar-refractivity contribution in [3.05, 3.63) is 35.6 Å². The van der Waals surface area contributed by atoms with Gasteiger partial charge in [0.25, 0.3) is 0 Å². The van der Waals surface area contributed by atoms with Gasteiger partial charge in [0, 0.05) is 0 Å². The summed E-state index contributed by atoms with van der Waals surface area (Å²) in [6.07, 6.45) is 1.91. The fourth-order valence-electron chi connectivity index (χ4n) is 0.704. The molecule has 0 bridgehead atoms. The maximum Gasteiger partial charge on any atom is 0.123 e. The van der Waals surface area contributed by atoms with Gasteiger partial charge in [0.15, 0.2) is 0 Å². The smallest absolute Gasteiger partial charge is 0.123 e. The first kappa shape index (κ1) is 8.68. The number of hydrogen-bond acceptors (Lipinski definition) is 2. The van der Waals surface area contributed by atoms with Crippen molar-refractivity contribution in [2.24, 2.45) is 0 Å². The molecule has 0 unspecified atom stereocenters. The minimum atomic E-state index is -0.224. The van der Waals surface area contributed by atoms with Crippen molar-refractivity contribution in [1.29, 1.82) is 0 Å². The van der Waals surface area contributed by atoms with E-state index in [9.17, 15) is 4.39 Å². The van der Waals surface area contributed by atoms with E-state index in [2.05, 4.69) is 0 Å². The molecule has 0 fully saturated rings. The minimum Gasteiger partial charge on any atom is -0.207 e. The van der Waals surface area contributed by atoms with E-state index in [0.29, 0.717) is 0 Å². The molecule has 0 heterocycles. The SMILES string of the molecule is CSC(=S)c1ccc(F)cc1. The number of halogens is 1. The predicted octanol–water partition coefficient (Wildman–Crippen LogP) is 2.86. The van der Waals surface area contributed by atoms with Gasteiger partial charge >= 0.3 is 0 Å². The maximum absolute atomic E-state index is 12.4. The van der Waals surface area contributed by atoms with Gasteiger partial charge in [-0.25, -0.2) is 4.39 Å². The van der Waals surface area contributed by atoms with Crippen molar-refractivity contribution < 1.29 is 4.39 Å². The monoisotopic (exact) mass is 186 g/mol. The normalized spacial score (nSPS) is 9.64. The van der Waals surface area contributed by atoms with Crippen molar-refractivity contribution in [3.63, 3.8) is 0 Å². The third-order valence-corrected chi connectivity index (χ3v) is 2.61. The highest BCUT2D eigenvalue weighted by Crippen LogP contribution is 2.11. The average molecular weight is 186 g/mol. The van der Waals surface area contributed by atoms with Crippen molar-refractivity contribution >= 4 is 28.2 Å². The van der Waals surface area contributed by atoms with E-state index in [4.69, 9.17) is 12.2 Å². The van der Waals surface area contributed by atoms with E-state index in [0.717, 1.165) is 9.76 Å². The number of thiocarbonyl (C=S) groups is 1. The Hall–Kier alpha value is -0.410. The van der Waals surface area contributed by atoms with Gasteiger partial charge in [-0.15, -0.1) is 11.8 Å². The molecule has 0 aliphatic rings. The summed E-state index contributed by atoms with van der Waals surface area (Å²) < 4.78 is 13.2. The molecule has 1 aromatic carbocycles. The topological polar surface area (TPSA) is 0 Å². The van der Waals surface area contributed by atoms with Crippen LogP contribution in [-0.4, -0.2) is 10.5 Å². The Morgan fingerprint density at radius 3 is 2.36 bits per heavy atom. The summed E-state index contributed by atoms with van der Waals surface area (Å²) in [4.78, 5) is 0. The lowest BCUT2D eigenvalue weighted by molar-refractivity contribution is 0.628. The van der Waals surface area contributed by atoms with E-state index in [1.54, 1.807) is 12.1 Å². The summed E-state index contributed by atoms with van der Waals surface area (Å²) in [7, 11) is 0. The van der Waals surface area contributed by atoms with Crippen molar-refractivity contribution in [2.45, 2.75) is 0 Å². The predicted molar refractivity (Wildman–Crippen MR) is 51.6 cm³/mol. The van der Waals surface area contributed by atoms with Crippen molar-refractivity contribution in [1.82, 2.24) is 0 Å². The second-order valence-electron chi connectivity index (χ2n) is 2.00. The van der Waals surface area contributed by atoms with E-state index in [1.807, 2.05) is 6.26 Å². The van der Waals surface area contributed by atoms with Gasteiger partial charge in [0.05, 0.1) is 4.20 Å². The van der Waals surface area contributed by atoms with Gasteiger partial charge < -0.3 is 0 Å². The fourth-order valence-corrected chi connectivity index (χ4v) is 1.21. The number of rotatable bonds is 1. The van der Waals surface area contributed by atoms with Crippen LogP contribution in [0.1, 0.15) is 5.56 Å². The van der Waals surface area contributed by atoms with Crippen LogP contribution in [0.15, 0.2) is 24.3 Å². The third kappa shape index (κ3) is 2.27. The van der Waals surface area contributed by atoms with E-state index in [1.165, 1.54) is 23.9 Å². The molecule has 0 aliphatic heterocycles. The third-order valence-electron chi connectivity index (χ3n) is 1.27. The van der Waals surface area contributed by atoms with Gasteiger partial charge in [-0.05, 0) is 24.0 Å². The molecule has 0 aliphatic carbocycles. The molecule has 0 amide bonds. The molecule has 0 saturated heterocycles. The molecule has 0 N–H and O–H groups in total. The molecule has 0 saturated carbocycles. The van der Waals surface area contributed by atoms with Crippen LogP contribution in [0, 0.1) is 5.82 Å². The molecule has 0 radical (unpaired) electrons. The Morgan fingerprint density at radius 1 is 1.36 bits per heavy atom. The molecule has 0 nitrogen and oxygen atoms in total. The standard InChI is InChI=1S/C8H7FS2/c1-11-8(10)6-2-4-7(9)5-3-6/h2-5H,1H3. The highest BCUT2D eigenvalue weighted by molar-refractivity contribution is 8.23. The Bertz CT molecular complexity index is 253. The zero-order valence-corrected chi connectivity index (χ0v) is 7.64. The second-order valence-corrected chi connectivity index (χ2v) is 3.48. The lowest BCUT2D eigenvalue weighted by Crippen LogP contribution is -1.89. The quantitative estimate of drug-likeness (QED) is 0.618. The zero-order chi connectivity index (χ0) is 8.27. The van der Waals surface area contributed by atoms with Crippen LogP contribution in [-0.2, 0) is 0 Å². The van der Waals surface area contributed by atoms with Crippen molar-refractivity contribution in [2.75, 3.05) is 6.26 Å². The molecule has 0 aromatic heterocycles. The molecule has 1 rings (SSSR count). The molecule has 58 valence electrons. The molecule has 0 atom stereocenters. The summed E-state index contributed by atoms with van der Waals surface area (Å²) in [6.45, 7) is 0. The first-order valence-electron chi connectivity index (χ1n) is 3.08. The van der Waals surface area contributed by atoms with Gasteiger partial charge in [-0.2, -0.15) is 0 Å². The van der Waals surface area contributed by atoms with Crippen molar-refractivity contribution in [3.8, 4) is 0 Å². The van der Waals surface area contributed by atoms with Crippen LogP contribution in [0.5, 0.6) is 0 Å². The minimum absolute atomic E-state index is 0.224. The van der Waals surface area contributed by atoms with E-state index >= 15 is 0 Å². The maximum atomic E-state index is 12.4. The van der Waals surface area contributed by atoms with Crippen LogP contribution in [0.2, 0.25) is 0 Å². The van der Waals surface area contributed by atoms with Crippen LogP contribution < -0.4 is 0 Å². The van der Waals surface area contributed by atoms with Gasteiger partial charge in [-0.3, -0.25) is 0 Å². The first-order chi connectivity index (χ1) is 5.24. The van der Waals surface area contributed by atoms with E-state index in [-0.39, 0.29) is 5.82 Å². The summed E-state index contributed by atoms with van der Waals surface area (Å²) >= 11 is 6.50. The number of thioether (sulfide) groups is 1. The average Bonchev–Trinajstić information content (AvgIpc) is 2.05. The van der Waals surface area contributed by atoms with Crippen LogP contribution in [0.25, 0.3) is 0 Å². The van der Waals surface area contributed by atoms with Gasteiger partial charge in [-0.1, -0.05) is 24.4 Å². The molecule has 11 heavy (non-hydrogen) atoms. The van der Waals surface area contributed by atoms with Crippen LogP contribution in [0.4, 0.5) is 4.39 Å². The van der Waals surface area contributed by atoms with Crippen LogP contribution in [0.3, 0.4) is 0 Å². The Labute approximate surface area is 74.8 Å². The molecular formula is C8H7FS2. The van der Waals surface area contributed by atoms with Gasteiger partial charge in [0.2, 0.25) is 0 Å². The summed E-state index contributed by atoms with van der Waals surface area (Å²) in [5.41, 5.74) is 0.911. The Balaban J connectivity index is 2.90. The molecule has 0 spiro atoms. The van der Waals surface area contributed by atoms with E-state index < -0.39 is 0 Å². The Kier molecular flexibility index (Phi) is 3.02. The molecule has 1 aromatic rings. The highest BCUT2D eigenvalue weighted by Gasteiger charge is 1.97. The summed E-state index contributed by atoms with van der Waals surface area (Å²) in [5.74, 6) is -0.224. The lowest BCUT2D eigenvalue weighted by atomic mass is 10.2. The lowest BCUT2D eigenvalue weighted by Gasteiger charge is -1.97. The number of hydrogen-bond donors (Lipinski definition) is 0. The highest BCUT2D eigenvalue weighted by atomic mass is 32.2. The second kappa shape index (κ2) is 3.83. The van der Waals surface area contributed by atoms with Gasteiger partial charge in [0.1, 0.15) is 5.82 Å². The zero-order valence-electron chi connectivity index (χ0n) is 6.00. The largest absolute Gasteiger partial charge is 0.207 e. The summed E-state index contributed by atoms with van der Waals surface area (Å²) in [5, 5.41) is 0. The first-order valence-corrected chi connectivity index (χ1v) is 4.71. The number of benzene rings is 1. The van der Waals surface area contributed by atoms with Crippen LogP contribution >= 0.6 is 24.0 Å². The molecular weight excluding hydrogens is 179 g/mol. The summed E-state index contributed by atoms with van der Waals surface area (Å²) in [6, 6.07) is 6.21.